The second kappa shape index (κ2) is 6.70. The van der Waals surface area contributed by atoms with Gasteiger partial charge in [-0.25, -0.2) is 0 Å². The van der Waals surface area contributed by atoms with E-state index >= 15 is 0 Å². The van der Waals surface area contributed by atoms with Gasteiger partial charge in [-0.3, -0.25) is 4.79 Å². The Morgan fingerprint density at radius 2 is 2.00 bits per heavy atom. The molecule has 0 unspecified atom stereocenters. The molecular formula is C18H24O. The van der Waals surface area contributed by atoms with Crippen molar-refractivity contribution in [2.75, 3.05) is 0 Å². The van der Waals surface area contributed by atoms with Gasteiger partial charge in [0.1, 0.15) is 0 Å². The molecule has 2 rings (SSSR count). The van der Waals surface area contributed by atoms with Crippen LogP contribution in [0, 0.1) is 12.8 Å². The molecule has 1 aromatic rings. The molecule has 0 fully saturated rings. The lowest BCUT2D eigenvalue weighted by Gasteiger charge is -2.17. The highest BCUT2D eigenvalue weighted by molar-refractivity contribution is 5.90. The molecule has 1 nitrogen and oxygen atoms in total. The molecule has 102 valence electrons. The number of carbonyl (C=O) groups excluding carboxylic acids is 1. The SMILES string of the molecule is Cc1ccc([C@@H](C)CCC[C@@H]2C=CC(=O)CC2)cc1. The fourth-order valence-corrected chi connectivity index (χ4v) is 2.74. The van der Waals surface area contributed by atoms with Crippen molar-refractivity contribution >= 4 is 5.78 Å². The largest absolute Gasteiger partial charge is 0.295 e. The van der Waals surface area contributed by atoms with Gasteiger partial charge in [-0.15, -0.1) is 0 Å². The fraction of sp³-hybridized carbons (Fsp3) is 0.500. The van der Waals surface area contributed by atoms with Gasteiger partial charge in [0.2, 0.25) is 0 Å². The number of hydrogen-bond acceptors (Lipinski definition) is 1. The number of benzene rings is 1. The summed E-state index contributed by atoms with van der Waals surface area (Å²) in [5.74, 6) is 1.56. The van der Waals surface area contributed by atoms with Crippen LogP contribution < -0.4 is 0 Å². The smallest absolute Gasteiger partial charge is 0.155 e. The van der Waals surface area contributed by atoms with Crippen molar-refractivity contribution in [3.63, 3.8) is 0 Å². The molecule has 0 bridgehead atoms. The maximum atomic E-state index is 11.1. The highest BCUT2D eigenvalue weighted by Crippen LogP contribution is 2.26. The quantitative estimate of drug-likeness (QED) is 0.739. The van der Waals surface area contributed by atoms with E-state index in [1.54, 1.807) is 6.08 Å². The molecule has 0 radical (unpaired) electrons. The first-order chi connectivity index (χ1) is 9.15. The molecule has 19 heavy (non-hydrogen) atoms. The van der Waals surface area contributed by atoms with Crippen LogP contribution in [-0.4, -0.2) is 5.78 Å². The minimum absolute atomic E-state index is 0.296. The molecule has 1 aliphatic rings. The molecule has 0 saturated carbocycles. The first-order valence-electron chi connectivity index (χ1n) is 7.43. The molecule has 0 amide bonds. The highest BCUT2D eigenvalue weighted by Gasteiger charge is 2.13. The van der Waals surface area contributed by atoms with Gasteiger partial charge in [0.25, 0.3) is 0 Å². The summed E-state index contributed by atoms with van der Waals surface area (Å²) in [5, 5.41) is 0. The van der Waals surface area contributed by atoms with E-state index in [1.165, 1.54) is 30.4 Å². The molecule has 2 atom stereocenters. The zero-order valence-corrected chi connectivity index (χ0v) is 12.1. The van der Waals surface area contributed by atoms with E-state index in [0.717, 1.165) is 12.8 Å². The average molecular weight is 256 g/mol. The third kappa shape index (κ3) is 4.34. The van der Waals surface area contributed by atoms with E-state index in [9.17, 15) is 4.79 Å². The standard InChI is InChI=1S/C18H24O/c1-14-6-10-17(11-7-14)15(2)4-3-5-16-8-12-18(19)13-9-16/h6-8,10-12,15-16H,3-5,9,13H2,1-2H3/t15-,16+/m0/s1. The van der Waals surface area contributed by atoms with Crippen LogP contribution in [0.15, 0.2) is 36.4 Å². The molecule has 0 aliphatic heterocycles. The number of rotatable bonds is 5. The average Bonchev–Trinajstić information content (AvgIpc) is 2.41. The van der Waals surface area contributed by atoms with Gasteiger partial charge in [-0.2, -0.15) is 0 Å². The van der Waals surface area contributed by atoms with Crippen LogP contribution in [0.25, 0.3) is 0 Å². The van der Waals surface area contributed by atoms with Crippen LogP contribution in [0.1, 0.15) is 56.1 Å². The van der Waals surface area contributed by atoms with Gasteiger partial charge in [0, 0.05) is 6.42 Å². The molecular weight excluding hydrogens is 232 g/mol. The molecule has 0 heterocycles. The Balaban J connectivity index is 1.75. The summed E-state index contributed by atoms with van der Waals surface area (Å²) in [5.41, 5.74) is 2.77. The summed E-state index contributed by atoms with van der Waals surface area (Å²) in [7, 11) is 0. The van der Waals surface area contributed by atoms with Crippen molar-refractivity contribution in [3.05, 3.63) is 47.5 Å². The number of allylic oxidation sites excluding steroid dienone is 2. The molecule has 1 aliphatic carbocycles. The van der Waals surface area contributed by atoms with E-state index in [1.807, 2.05) is 0 Å². The summed E-state index contributed by atoms with van der Waals surface area (Å²) in [6.07, 6.45) is 9.39. The van der Waals surface area contributed by atoms with E-state index in [2.05, 4.69) is 44.2 Å². The minimum atomic E-state index is 0.296. The van der Waals surface area contributed by atoms with Crippen molar-refractivity contribution < 1.29 is 4.79 Å². The Morgan fingerprint density at radius 3 is 2.63 bits per heavy atom. The van der Waals surface area contributed by atoms with Crippen LogP contribution in [0.4, 0.5) is 0 Å². The van der Waals surface area contributed by atoms with Crippen LogP contribution in [0.3, 0.4) is 0 Å². The van der Waals surface area contributed by atoms with Crippen LogP contribution >= 0.6 is 0 Å². The summed E-state index contributed by atoms with van der Waals surface area (Å²) < 4.78 is 0. The van der Waals surface area contributed by atoms with E-state index in [0.29, 0.717) is 17.6 Å². The van der Waals surface area contributed by atoms with Crippen molar-refractivity contribution in [2.45, 2.75) is 51.9 Å². The van der Waals surface area contributed by atoms with Crippen molar-refractivity contribution in [2.24, 2.45) is 5.92 Å². The predicted octanol–water partition coefficient (Wildman–Crippen LogP) is 4.80. The molecule has 1 aromatic carbocycles. The lowest BCUT2D eigenvalue weighted by atomic mass is 9.88. The maximum absolute atomic E-state index is 11.1. The Bertz CT molecular complexity index is 441. The number of carbonyl (C=O) groups is 1. The summed E-state index contributed by atoms with van der Waals surface area (Å²) >= 11 is 0. The van der Waals surface area contributed by atoms with Crippen molar-refractivity contribution in [1.82, 2.24) is 0 Å². The lowest BCUT2D eigenvalue weighted by molar-refractivity contribution is -0.115. The second-order valence-electron chi connectivity index (χ2n) is 5.87. The van der Waals surface area contributed by atoms with E-state index < -0.39 is 0 Å². The summed E-state index contributed by atoms with van der Waals surface area (Å²) in [6.45, 7) is 4.44. The highest BCUT2D eigenvalue weighted by atomic mass is 16.1. The van der Waals surface area contributed by atoms with Gasteiger partial charge >= 0.3 is 0 Å². The topological polar surface area (TPSA) is 17.1 Å². The summed E-state index contributed by atoms with van der Waals surface area (Å²) in [4.78, 5) is 11.1. The number of aryl methyl sites for hydroxylation is 1. The lowest BCUT2D eigenvalue weighted by Crippen LogP contribution is -2.08. The zero-order chi connectivity index (χ0) is 13.7. The van der Waals surface area contributed by atoms with Gasteiger partial charge in [0.15, 0.2) is 5.78 Å². The Hall–Kier alpha value is -1.37. The number of ketones is 1. The van der Waals surface area contributed by atoms with Gasteiger partial charge < -0.3 is 0 Å². The predicted molar refractivity (Wildman–Crippen MR) is 80.3 cm³/mol. The maximum Gasteiger partial charge on any atom is 0.155 e. The third-order valence-corrected chi connectivity index (χ3v) is 4.17. The van der Waals surface area contributed by atoms with Gasteiger partial charge in [0.05, 0.1) is 0 Å². The minimum Gasteiger partial charge on any atom is -0.295 e. The molecule has 0 saturated heterocycles. The molecule has 1 heteroatoms. The van der Waals surface area contributed by atoms with Crippen LogP contribution in [-0.2, 0) is 4.79 Å². The normalized spacial score (nSPS) is 20.5. The Kier molecular flexibility index (Phi) is 4.95. The van der Waals surface area contributed by atoms with E-state index in [4.69, 9.17) is 0 Å². The van der Waals surface area contributed by atoms with Crippen LogP contribution in [0.5, 0.6) is 0 Å². The first kappa shape index (κ1) is 14.0. The summed E-state index contributed by atoms with van der Waals surface area (Å²) in [6, 6.07) is 8.89. The van der Waals surface area contributed by atoms with E-state index in [-0.39, 0.29) is 0 Å². The van der Waals surface area contributed by atoms with Crippen molar-refractivity contribution in [3.8, 4) is 0 Å². The van der Waals surface area contributed by atoms with Crippen LogP contribution in [0.2, 0.25) is 0 Å². The van der Waals surface area contributed by atoms with Crippen molar-refractivity contribution in [1.29, 1.82) is 0 Å². The third-order valence-electron chi connectivity index (χ3n) is 4.17. The first-order valence-corrected chi connectivity index (χ1v) is 7.43. The molecule has 0 N–H and O–H groups in total. The molecule has 0 aromatic heterocycles. The fourth-order valence-electron chi connectivity index (χ4n) is 2.74. The molecule has 0 spiro atoms. The monoisotopic (exact) mass is 256 g/mol. The van der Waals surface area contributed by atoms with Gasteiger partial charge in [-0.1, -0.05) is 49.2 Å². The zero-order valence-electron chi connectivity index (χ0n) is 12.1. The van der Waals surface area contributed by atoms with Gasteiger partial charge in [-0.05, 0) is 49.7 Å². The second-order valence-corrected chi connectivity index (χ2v) is 5.87. The Morgan fingerprint density at radius 1 is 1.26 bits per heavy atom. The number of hydrogen-bond donors (Lipinski definition) is 0. The Labute approximate surface area is 116 Å².